The highest BCUT2D eigenvalue weighted by Crippen LogP contribution is 2.60. The van der Waals surface area contributed by atoms with Gasteiger partial charge in [-0.25, -0.2) is 0 Å². The Labute approximate surface area is 142 Å². The van der Waals surface area contributed by atoms with Gasteiger partial charge in [-0.05, 0) is 46.5 Å². The Bertz CT molecular complexity index is 511. The van der Waals surface area contributed by atoms with Crippen LogP contribution < -0.4 is 0 Å². The number of rotatable bonds is 7. The summed E-state index contributed by atoms with van der Waals surface area (Å²) in [7, 11) is -3.70. The number of carbonyl (C=O) groups is 2. The summed E-state index contributed by atoms with van der Waals surface area (Å²) in [6, 6.07) is 0. The molecule has 0 radical (unpaired) electrons. The average Bonchev–Trinajstić information content (AvgIpc) is 2.55. The molecule has 8 heteroatoms. The summed E-state index contributed by atoms with van der Waals surface area (Å²) in [4.78, 5) is 25.1. The predicted molar refractivity (Wildman–Crippen MR) is 86.7 cm³/mol. The second-order valence-corrected chi connectivity index (χ2v) is 8.36. The van der Waals surface area contributed by atoms with Crippen LogP contribution in [0.3, 0.4) is 0 Å². The number of fused-ring (bicyclic) bond motifs is 1. The van der Waals surface area contributed by atoms with E-state index in [2.05, 4.69) is 0 Å². The molecule has 1 aliphatic heterocycles. The van der Waals surface area contributed by atoms with E-state index in [0.717, 1.165) is 12.8 Å². The second-order valence-electron chi connectivity index (χ2n) is 6.14. The van der Waals surface area contributed by atoms with Gasteiger partial charge in [-0.15, -0.1) is 0 Å². The van der Waals surface area contributed by atoms with Crippen LogP contribution in [0.15, 0.2) is 0 Å². The minimum atomic E-state index is -3.70. The highest BCUT2D eigenvalue weighted by atomic mass is 31.2. The Morgan fingerprint density at radius 1 is 1.21 bits per heavy atom. The summed E-state index contributed by atoms with van der Waals surface area (Å²) >= 11 is 0. The number of carbonyl (C=O) groups excluding carboxylic acids is 2. The third-order valence-electron chi connectivity index (χ3n) is 4.73. The first-order valence-corrected chi connectivity index (χ1v) is 10.3. The molecular weight excluding hydrogens is 335 g/mol. The molecule has 1 heterocycles. The van der Waals surface area contributed by atoms with Crippen molar-refractivity contribution in [1.29, 1.82) is 0 Å². The molecule has 0 spiro atoms. The average molecular weight is 362 g/mol. The molecule has 0 aromatic rings. The van der Waals surface area contributed by atoms with E-state index in [1.165, 1.54) is 0 Å². The van der Waals surface area contributed by atoms with E-state index < -0.39 is 30.7 Å². The van der Waals surface area contributed by atoms with E-state index in [1.54, 1.807) is 20.8 Å². The Morgan fingerprint density at radius 3 is 2.46 bits per heavy atom. The van der Waals surface area contributed by atoms with Crippen molar-refractivity contribution >= 4 is 19.5 Å². The lowest BCUT2D eigenvalue weighted by Crippen LogP contribution is -2.55. The second kappa shape index (κ2) is 7.98. The lowest BCUT2D eigenvalue weighted by Gasteiger charge is -2.46. The zero-order valence-electron chi connectivity index (χ0n) is 14.6. The molecule has 1 saturated heterocycles. The Balaban J connectivity index is 2.36. The Morgan fingerprint density at radius 2 is 1.88 bits per heavy atom. The van der Waals surface area contributed by atoms with Gasteiger partial charge in [0.15, 0.2) is 5.66 Å². The summed E-state index contributed by atoms with van der Waals surface area (Å²) in [5, 5.41) is 0. The monoisotopic (exact) mass is 362 g/mol. The summed E-state index contributed by atoms with van der Waals surface area (Å²) in [5.41, 5.74) is -2.03. The van der Waals surface area contributed by atoms with E-state index in [9.17, 15) is 14.2 Å². The maximum absolute atomic E-state index is 13.1. The van der Waals surface area contributed by atoms with E-state index >= 15 is 0 Å². The van der Waals surface area contributed by atoms with Crippen LogP contribution in [0.5, 0.6) is 0 Å². The molecule has 7 nitrogen and oxygen atoms in total. The molecule has 24 heavy (non-hydrogen) atoms. The van der Waals surface area contributed by atoms with E-state index in [-0.39, 0.29) is 32.2 Å². The topological polar surface area (TPSA) is 88.1 Å². The molecule has 2 aliphatic rings. The SMILES string of the molecule is CCOC(=O)[C@]12CCCC[C@@H]1OC(=O)C(P(=O)(OCC)OCC)C2. The van der Waals surface area contributed by atoms with Gasteiger partial charge in [-0.2, -0.15) is 0 Å². The summed E-state index contributed by atoms with van der Waals surface area (Å²) in [5.74, 6) is -0.987. The molecule has 0 bridgehead atoms. The van der Waals surface area contributed by atoms with Crippen molar-refractivity contribution in [2.45, 2.75) is 64.6 Å². The van der Waals surface area contributed by atoms with Gasteiger partial charge in [0.25, 0.3) is 0 Å². The third kappa shape index (κ3) is 3.53. The van der Waals surface area contributed by atoms with Gasteiger partial charge in [0.1, 0.15) is 11.5 Å². The number of hydrogen-bond acceptors (Lipinski definition) is 7. The molecule has 1 aliphatic carbocycles. The van der Waals surface area contributed by atoms with E-state index in [1.807, 2.05) is 0 Å². The molecule has 1 unspecified atom stereocenters. The highest BCUT2D eigenvalue weighted by Gasteiger charge is 2.60. The quantitative estimate of drug-likeness (QED) is 0.508. The summed E-state index contributed by atoms with van der Waals surface area (Å²) in [6.07, 6.45) is 2.47. The maximum Gasteiger partial charge on any atom is 0.344 e. The van der Waals surface area contributed by atoms with Crippen molar-refractivity contribution in [2.24, 2.45) is 5.41 Å². The minimum absolute atomic E-state index is 0.0899. The lowest BCUT2D eigenvalue weighted by molar-refractivity contribution is -0.188. The standard InChI is InChI=1S/C16H27O7P/c1-4-20-15(18)16-10-8-7-9-13(16)23-14(17)12(11-16)24(19,21-5-2)22-6-3/h12-13H,4-11H2,1-3H3/t12?,13-,16-/m0/s1. The molecule has 0 aromatic heterocycles. The van der Waals surface area contributed by atoms with Crippen LogP contribution in [0.1, 0.15) is 52.9 Å². The highest BCUT2D eigenvalue weighted by molar-refractivity contribution is 7.55. The summed E-state index contributed by atoms with van der Waals surface area (Å²) in [6.45, 7) is 5.66. The number of ether oxygens (including phenoxy) is 2. The van der Waals surface area contributed by atoms with Crippen molar-refractivity contribution < 1.29 is 32.7 Å². The van der Waals surface area contributed by atoms with Gasteiger partial charge in [-0.3, -0.25) is 14.2 Å². The third-order valence-corrected chi connectivity index (χ3v) is 7.12. The van der Waals surface area contributed by atoms with Crippen molar-refractivity contribution in [1.82, 2.24) is 0 Å². The fraction of sp³-hybridized carbons (Fsp3) is 0.875. The minimum Gasteiger partial charge on any atom is -0.465 e. The van der Waals surface area contributed by atoms with Gasteiger partial charge in [0.05, 0.1) is 19.8 Å². The zero-order valence-corrected chi connectivity index (χ0v) is 15.5. The number of hydrogen-bond donors (Lipinski definition) is 0. The zero-order chi connectivity index (χ0) is 17.8. The van der Waals surface area contributed by atoms with Crippen LogP contribution in [0.4, 0.5) is 0 Å². The van der Waals surface area contributed by atoms with Crippen LogP contribution in [-0.2, 0) is 32.7 Å². The molecule has 2 rings (SSSR count). The van der Waals surface area contributed by atoms with E-state index in [0.29, 0.717) is 12.8 Å². The van der Waals surface area contributed by atoms with Crippen LogP contribution in [-0.4, -0.2) is 43.5 Å². The van der Waals surface area contributed by atoms with Crippen molar-refractivity contribution in [3.63, 3.8) is 0 Å². The van der Waals surface area contributed by atoms with Crippen molar-refractivity contribution in [2.75, 3.05) is 19.8 Å². The smallest absolute Gasteiger partial charge is 0.344 e. The van der Waals surface area contributed by atoms with Gasteiger partial charge in [0, 0.05) is 0 Å². The Hall–Kier alpha value is -0.910. The summed E-state index contributed by atoms with van der Waals surface area (Å²) < 4.78 is 34.5. The molecule has 1 saturated carbocycles. The molecule has 0 aromatic carbocycles. The molecule has 0 amide bonds. The van der Waals surface area contributed by atoms with Gasteiger partial charge in [-0.1, -0.05) is 6.42 Å². The van der Waals surface area contributed by atoms with Crippen LogP contribution in [0.2, 0.25) is 0 Å². The van der Waals surface area contributed by atoms with Gasteiger partial charge < -0.3 is 18.5 Å². The number of esters is 2. The van der Waals surface area contributed by atoms with Crippen LogP contribution in [0, 0.1) is 5.41 Å². The first-order chi connectivity index (χ1) is 11.4. The fourth-order valence-electron chi connectivity index (χ4n) is 3.67. The van der Waals surface area contributed by atoms with Gasteiger partial charge in [0.2, 0.25) is 0 Å². The predicted octanol–water partition coefficient (Wildman–Crippen LogP) is 3.06. The van der Waals surface area contributed by atoms with Crippen molar-refractivity contribution in [3.8, 4) is 0 Å². The fourth-order valence-corrected chi connectivity index (χ4v) is 5.69. The maximum atomic E-state index is 13.1. The van der Waals surface area contributed by atoms with Crippen LogP contribution >= 0.6 is 7.60 Å². The largest absolute Gasteiger partial charge is 0.465 e. The van der Waals surface area contributed by atoms with Crippen molar-refractivity contribution in [3.05, 3.63) is 0 Å². The first-order valence-electron chi connectivity index (χ1n) is 8.70. The molecule has 138 valence electrons. The van der Waals surface area contributed by atoms with E-state index in [4.69, 9.17) is 18.5 Å². The lowest BCUT2D eigenvalue weighted by atomic mass is 9.67. The Kier molecular flexibility index (Phi) is 6.46. The first kappa shape index (κ1) is 19.4. The van der Waals surface area contributed by atoms with Crippen LogP contribution in [0.25, 0.3) is 0 Å². The molecule has 0 N–H and O–H groups in total. The van der Waals surface area contributed by atoms with Gasteiger partial charge >= 0.3 is 19.5 Å². The molecular formula is C16H27O7P. The normalized spacial score (nSPS) is 30.4. The molecule has 2 fully saturated rings. The molecule has 3 atom stereocenters.